The molecule has 1 saturated heterocycles. The summed E-state index contributed by atoms with van der Waals surface area (Å²) >= 11 is 0. The van der Waals surface area contributed by atoms with Gasteiger partial charge < -0.3 is 20.4 Å². The highest BCUT2D eigenvalue weighted by molar-refractivity contribution is 5.76. The van der Waals surface area contributed by atoms with Crippen LogP contribution in [-0.2, 0) is 4.79 Å². The van der Waals surface area contributed by atoms with Gasteiger partial charge in [-0.25, -0.2) is 0 Å². The van der Waals surface area contributed by atoms with Crippen LogP contribution in [0.3, 0.4) is 0 Å². The molecule has 1 aromatic rings. The van der Waals surface area contributed by atoms with E-state index in [0.717, 1.165) is 32.5 Å². The molecule has 5 heteroatoms. The number of nitrogens with one attached hydrogen (secondary N) is 1. The molecule has 22 heavy (non-hydrogen) atoms. The first-order valence-corrected chi connectivity index (χ1v) is 8.04. The van der Waals surface area contributed by atoms with E-state index in [1.165, 1.54) is 12.1 Å². The number of benzene rings is 1. The van der Waals surface area contributed by atoms with Gasteiger partial charge in [-0.15, -0.1) is 0 Å². The molecule has 5 nitrogen and oxygen atoms in total. The van der Waals surface area contributed by atoms with Crippen LogP contribution < -0.4 is 5.32 Å². The van der Waals surface area contributed by atoms with Crippen LogP contribution in [0.15, 0.2) is 24.3 Å². The summed E-state index contributed by atoms with van der Waals surface area (Å²) in [5, 5.41) is 22.1. The van der Waals surface area contributed by atoms with Crippen molar-refractivity contribution in [2.24, 2.45) is 5.92 Å². The highest BCUT2D eigenvalue weighted by Gasteiger charge is 2.20. The van der Waals surface area contributed by atoms with Crippen molar-refractivity contribution in [1.29, 1.82) is 0 Å². The third-order valence-electron chi connectivity index (χ3n) is 4.40. The first kappa shape index (κ1) is 16.8. The van der Waals surface area contributed by atoms with E-state index in [9.17, 15) is 15.0 Å². The van der Waals surface area contributed by atoms with Crippen molar-refractivity contribution in [2.75, 3.05) is 26.2 Å². The Balaban J connectivity index is 1.70. The fourth-order valence-corrected chi connectivity index (χ4v) is 2.87. The van der Waals surface area contributed by atoms with Crippen molar-refractivity contribution in [1.82, 2.24) is 10.2 Å². The number of amides is 1. The molecule has 0 spiro atoms. The summed E-state index contributed by atoms with van der Waals surface area (Å²) in [6, 6.07) is 6.38. The fraction of sp³-hybridized carbons (Fsp3) is 0.588. The number of rotatable bonds is 6. The lowest BCUT2D eigenvalue weighted by molar-refractivity contribution is -0.122. The van der Waals surface area contributed by atoms with Crippen molar-refractivity contribution in [3.05, 3.63) is 29.8 Å². The molecule has 0 aromatic heterocycles. The van der Waals surface area contributed by atoms with Crippen molar-refractivity contribution >= 4 is 5.91 Å². The Bertz CT molecular complexity index is 467. The average Bonchev–Trinajstić information content (AvgIpc) is 2.54. The molecule has 0 bridgehead atoms. The summed E-state index contributed by atoms with van der Waals surface area (Å²) in [5.74, 6) is 0.625. The number of nitrogens with zero attached hydrogens (tertiary/aromatic N) is 1. The summed E-state index contributed by atoms with van der Waals surface area (Å²) in [7, 11) is 0. The third-order valence-corrected chi connectivity index (χ3v) is 4.40. The topological polar surface area (TPSA) is 72.8 Å². The molecule has 1 aliphatic rings. The summed E-state index contributed by atoms with van der Waals surface area (Å²) in [6.07, 6.45) is 1.94. The number of hydrogen-bond acceptors (Lipinski definition) is 4. The first-order valence-electron chi connectivity index (χ1n) is 8.04. The second-order valence-electron chi connectivity index (χ2n) is 5.99. The number of phenolic OH excluding ortho intramolecular Hbond substituents is 1. The fourth-order valence-electron chi connectivity index (χ4n) is 2.87. The number of aromatic hydroxyl groups is 1. The molecular formula is C17H26N2O3. The Morgan fingerprint density at radius 1 is 1.32 bits per heavy atom. The summed E-state index contributed by atoms with van der Waals surface area (Å²) in [5.41, 5.74) is 0.689. The first-order chi connectivity index (χ1) is 10.6. The standard InChI is InChI=1S/C17H26N2O3/c1-2-19-9-7-13(8-10-19)11-17(22)18-12-16(21)14-3-5-15(20)6-4-14/h3-6,13,16,20-21H,2,7-12H2,1H3,(H,18,22)/t16-/m0/s1. The largest absolute Gasteiger partial charge is 0.508 e. The van der Waals surface area contributed by atoms with Gasteiger partial charge in [0.15, 0.2) is 0 Å². The maximum atomic E-state index is 12.0. The van der Waals surface area contributed by atoms with Crippen molar-refractivity contribution < 1.29 is 15.0 Å². The minimum Gasteiger partial charge on any atom is -0.508 e. The summed E-state index contributed by atoms with van der Waals surface area (Å²) in [6.45, 7) is 5.60. The number of aliphatic hydroxyl groups is 1. The van der Waals surface area contributed by atoms with Crippen LogP contribution in [-0.4, -0.2) is 47.2 Å². The minimum atomic E-state index is -0.744. The van der Waals surface area contributed by atoms with Gasteiger partial charge in [0.05, 0.1) is 6.10 Å². The van der Waals surface area contributed by atoms with Gasteiger partial charge in [0.2, 0.25) is 5.91 Å². The number of hydrogen-bond donors (Lipinski definition) is 3. The molecule has 1 aliphatic heterocycles. The highest BCUT2D eigenvalue weighted by Crippen LogP contribution is 2.20. The molecule has 1 heterocycles. The highest BCUT2D eigenvalue weighted by atomic mass is 16.3. The molecule has 1 atom stereocenters. The van der Waals surface area contributed by atoms with Crippen LogP contribution in [0.2, 0.25) is 0 Å². The Kier molecular flexibility index (Phi) is 6.21. The number of likely N-dealkylation sites (tertiary alicyclic amines) is 1. The van der Waals surface area contributed by atoms with Crippen molar-refractivity contribution in [3.8, 4) is 5.75 Å². The number of piperidine rings is 1. The van der Waals surface area contributed by atoms with Gasteiger partial charge in [-0.3, -0.25) is 4.79 Å². The van der Waals surface area contributed by atoms with Gasteiger partial charge in [0.1, 0.15) is 5.75 Å². The Labute approximate surface area is 131 Å². The molecule has 0 aliphatic carbocycles. The smallest absolute Gasteiger partial charge is 0.220 e. The lowest BCUT2D eigenvalue weighted by Gasteiger charge is -2.30. The third kappa shape index (κ3) is 5.00. The van der Waals surface area contributed by atoms with Crippen molar-refractivity contribution in [2.45, 2.75) is 32.3 Å². The summed E-state index contributed by atoms with van der Waals surface area (Å²) in [4.78, 5) is 14.4. The maximum Gasteiger partial charge on any atom is 0.220 e. The quantitative estimate of drug-likeness (QED) is 0.747. The minimum absolute atomic E-state index is 0.00720. The van der Waals surface area contributed by atoms with Crippen LogP contribution in [0, 0.1) is 5.92 Å². The molecule has 1 fully saturated rings. The van der Waals surface area contributed by atoms with Gasteiger partial charge >= 0.3 is 0 Å². The molecule has 0 saturated carbocycles. The van der Waals surface area contributed by atoms with Gasteiger partial charge in [0.25, 0.3) is 0 Å². The molecule has 1 amide bonds. The molecular weight excluding hydrogens is 280 g/mol. The van der Waals surface area contributed by atoms with Gasteiger partial charge in [-0.2, -0.15) is 0 Å². The van der Waals surface area contributed by atoms with Gasteiger partial charge in [0, 0.05) is 13.0 Å². The Morgan fingerprint density at radius 2 is 1.95 bits per heavy atom. The lowest BCUT2D eigenvalue weighted by atomic mass is 9.93. The van der Waals surface area contributed by atoms with E-state index in [4.69, 9.17) is 0 Å². The molecule has 1 aromatic carbocycles. The van der Waals surface area contributed by atoms with Crippen LogP contribution in [0.1, 0.15) is 37.9 Å². The number of aliphatic hydroxyl groups excluding tert-OH is 1. The molecule has 122 valence electrons. The zero-order valence-corrected chi connectivity index (χ0v) is 13.2. The van der Waals surface area contributed by atoms with E-state index in [0.29, 0.717) is 17.9 Å². The molecule has 2 rings (SSSR count). The zero-order valence-electron chi connectivity index (χ0n) is 13.2. The monoisotopic (exact) mass is 306 g/mol. The maximum absolute atomic E-state index is 12.0. The van der Waals surface area contributed by atoms with Crippen molar-refractivity contribution in [3.63, 3.8) is 0 Å². The predicted molar refractivity (Wildman–Crippen MR) is 85.5 cm³/mol. The summed E-state index contributed by atoms with van der Waals surface area (Å²) < 4.78 is 0. The number of carbonyl (C=O) groups is 1. The van der Waals surface area contributed by atoms with Gasteiger partial charge in [-0.05, 0) is 56.1 Å². The average molecular weight is 306 g/mol. The number of carbonyl (C=O) groups excluding carboxylic acids is 1. The van der Waals surface area contributed by atoms with E-state index >= 15 is 0 Å². The van der Waals surface area contributed by atoms with Crippen LogP contribution in [0.25, 0.3) is 0 Å². The second kappa shape index (κ2) is 8.15. The van der Waals surface area contributed by atoms with E-state index < -0.39 is 6.10 Å². The van der Waals surface area contributed by atoms with Crippen LogP contribution in [0.5, 0.6) is 5.75 Å². The van der Waals surface area contributed by atoms with Gasteiger partial charge in [-0.1, -0.05) is 19.1 Å². The van der Waals surface area contributed by atoms with Crippen LogP contribution >= 0.6 is 0 Å². The van der Waals surface area contributed by atoms with E-state index in [-0.39, 0.29) is 18.2 Å². The molecule has 3 N–H and O–H groups in total. The van der Waals surface area contributed by atoms with Crippen LogP contribution in [0.4, 0.5) is 0 Å². The van der Waals surface area contributed by atoms with E-state index in [2.05, 4.69) is 17.1 Å². The SMILES string of the molecule is CCN1CCC(CC(=O)NC[C@H](O)c2ccc(O)cc2)CC1. The normalized spacial score (nSPS) is 18.1. The van der Waals surface area contributed by atoms with E-state index in [1.54, 1.807) is 12.1 Å². The molecule has 0 radical (unpaired) electrons. The predicted octanol–water partition coefficient (Wildman–Crippen LogP) is 1.66. The lowest BCUT2D eigenvalue weighted by Crippen LogP contribution is -2.36. The Morgan fingerprint density at radius 3 is 2.55 bits per heavy atom. The molecule has 0 unspecified atom stereocenters. The van der Waals surface area contributed by atoms with E-state index in [1.807, 2.05) is 0 Å². The zero-order chi connectivity index (χ0) is 15.9. The number of phenols is 1. The Hall–Kier alpha value is -1.59. The second-order valence-corrected chi connectivity index (χ2v) is 5.99.